The third kappa shape index (κ3) is 5.15. The topological polar surface area (TPSA) is 85.6 Å². The van der Waals surface area contributed by atoms with Gasteiger partial charge in [-0.05, 0) is 62.2 Å². The average Bonchev–Trinajstić information content (AvgIpc) is 3.09. The van der Waals surface area contributed by atoms with Gasteiger partial charge in [-0.15, -0.1) is 0 Å². The van der Waals surface area contributed by atoms with Crippen LogP contribution in [-0.2, 0) is 21.1 Å². The molecule has 0 aliphatic heterocycles. The molecule has 6 nitrogen and oxygen atoms in total. The Morgan fingerprint density at radius 2 is 1.77 bits per heavy atom. The molecule has 0 spiro atoms. The van der Waals surface area contributed by atoms with Gasteiger partial charge in [0.15, 0.2) is 15.4 Å². The normalized spacial score (nSPS) is 12.2. The molecule has 0 atom stereocenters. The number of alkyl carbamates (subject to hydrolysis) is 1. The van der Waals surface area contributed by atoms with Crippen LogP contribution in [0, 0.1) is 0 Å². The number of furan rings is 1. The summed E-state index contributed by atoms with van der Waals surface area (Å²) in [4.78, 5) is 12.1. The van der Waals surface area contributed by atoms with Crippen molar-refractivity contribution in [1.29, 1.82) is 0 Å². The van der Waals surface area contributed by atoms with E-state index < -0.39 is 21.5 Å². The van der Waals surface area contributed by atoms with Crippen molar-refractivity contribution in [3.63, 3.8) is 0 Å². The lowest BCUT2D eigenvalue weighted by Gasteiger charge is -2.19. The molecule has 1 N–H and O–H groups in total. The van der Waals surface area contributed by atoms with Gasteiger partial charge in [0.2, 0.25) is 0 Å². The number of fused-ring (bicyclic) bond motifs is 1. The van der Waals surface area contributed by atoms with Gasteiger partial charge in [-0.1, -0.05) is 30.7 Å². The molecule has 1 amide bonds. The van der Waals surface area contributed by atoms with Crippen molar-refractivity contribution in [2.45, 2.75) is 44.7 Å². The molecule has 30 heavy (non-hydrogen) atoms. The van der Waals surface area contributed by atoms with Gasteiger partial charge in [0.1, 0.15) is 11.4 Å². The lowest BCUT2D eigenvalue weighted by molar-refractivity contribution is 0.0520. The molecule has 8 heteroatoms. The second-order valence-corrected chi connectivity index (χ2v) is 10.6. The van der Waals surface area contributed by atoms with Gasteiger partial charge in [-0.25, -0.2) is 13.2 Å². The van der Waals surface area contributed by atoms with Crippen molar-refractivity contribution >= 4 is 38.5 Å². The van der Waals surface area contributed by atoms with Crippen LogP contribution in [0.4, 0.5) is 4.79 Å². The van der Waals surface area contributed by atoms with E-state index in [2.05, 4.69) is 5.32 Å². The van der Waals surface area contributed by atoms with Crippen LogP contribution < -0.4 is 5.32 Å². The summed E-state index contributed by atoms with van der Waals surface area (Å²) in [6.07, 6.45) is -0.531. The van der Waals surface area contributed by atoms with Crippen molar-refractivity contribution in [2.24, 2.45) is 0 Å². The van der Waals surface area contributed by atoms with E-state index in [-0.39, 0.29) is 12.3 Å². The van der Waals surface area contributed by atoms with E-state index in [1.807, 2.05) is 6.07 Å². The number of sulfone groups is 1. The Hall–Kier alpha value is -2.51. The maximum Gasteiger partial charge on any atom is 0.408 e. The molecule has 0 aliphatic rings. The highest BCUT2D eigenvalue weighted by molar-refractivity contribution is 7.91. The third-order valence-corrected chi connectivity index (χ3v) is 6.39. The predicted molar refractivity (Wildman–Crippen MR) is 117 cm³/mol. The van der Waals surface area contributed by atoms with E-state index in [1.165, 1.54) is 0 Å². The molecule has 3 aromatic rings. The van der Waals surface area contributed by atoms with Gasteiger partial charge < -0.3 is 14.5 Å². The molecule has 1 aromatic heterocycles. The first kappa shape index (κ1) is 22.2. The number of nitrogens with one attached hydrogen (secondary N) is 1. The van der Waals surface area contributed by atoms with Crippen LogP contribution in [0.3, 0.4) is 0 Å². The zero-order valence-corrected chi connectivity index (χ0v) is 18.9. The summed E-state index contributed by atoms with van der Waals surface area (Å²) in [6.45, 7) is 7.15. The molecule has 0 aliphatic carbocycles. The summed E-state index contributed by atoms with van der Waals surface area (Å²) in [5.74, 6) is 0.596. The number of hydrogen-bond donors (Lipinski definition) is 1. The molecule has 2 aromatic carbocycles. The lowest BCUT2D eigenvalue weighted by atomic mass is 10.0. The highest BCUT2D eigenvalue weighted by atomic mass is 35.5. The molecular weight excluding hydrogens is 426 g/mol. The number of benzene rings is 2. The summed E-state index contributed by atoms with van der Waals surface area (Å²) in [6, 6.07) is 12.2. The van der Waals surface area contributed by atoms with Gasteiger partial charge in [0.25, 0.3) is 0 Å². The maximum absolute atomic E-state index is 12.0. The Kier molecular flexibility index (Phi) is 6.15. The monoisotopic (exact) mass is 449 g/mol. The van der Waals surface area contributed by atoms with E-state index in [4.69, 9.17) is 20.8 Å². The number of rotatable bonds is 5. The Labute approximate surface area is 181 Å². The first-order valence-electron chi connectivity index (χ1n) is 9.50. The fourth-order valence-corrected chi connectivity index (χ4v) is 4.06. The predicted octanol–water partition coefficient (Wildman–Crippen LogP) is 5.57. The van der Waals surface area contributed by atoms with Gasteiger partial charge in [0, 0.05) is 5.39 Å². The average molecular weight is 450 g/mol. The molecule has 0 saturated heterocycles. The van der Waals surface area contributed by atoms with Crippen LogP contribution >= 0.6 is 11.6 Å². The highest BCUT2D eigenvalue weighted by Gasteiger charge is 2.17. The van der Waals surface area contributed by atoms with Crippen LogP contribution in [0.1, 0.15) is 33.5 Å². The summed E-state index contributed by atoms with van der Waals surface area (Å²) >= 11 is 6.40. The van der Waals surface area contributed by atoms with Crippen LogP contribution in [0.25, 0.3) is 22.1 Å². The van der Waals surface area contributed by atoms with E-state index in [0.717, 1.165) is 16.5 Å². The van der Waals surface area contributed by atoms with Crippen molar-refractivity contribution in [2.75, 3.05) is 5.75 Å². The summed E-state index contributed by atoms with van der Waals surface area (Å²) in [5, 5.41) is 3.86. The number of hydrogen-bond acceptors (Lipinski definition) is 5. The summed E-state index contributed by atoms with van der Waals surface area (Å²) < 4.78 is 35.0. The zero-order valence-electron chi connectivity index (χ0n) is 17.3. The number of ether oxygens (including phenoxy) is 1. The second kappa shape index (κ2) is 8.32. The smallest absolute Gasteiger partial charge is 0.408 e. The van der Waals surface area contributed by atoms with Gasteiger partial charge in [-0.2, -0.15) is 0 Å². The minimum atomic E-state index is -3.25. The van der Waals surface area contributed by atoms with E-state index >= 15 is 0 Å². The largest absolute Gasteiger partial charge is 0.458 e. The van der Waals surface area contributed by atoms with E-state index in [1.54, 1.807) is 64.1 Å². The molecular formula is C22H24ClNO5S. The van der Waals surface area contributed by atoms with Crippen molar-refractivity contribution < 1.29 is 22.4 Å². The van der Waals surface area contributed by atoms with Crippen LogP contribution in [0.5, 0.6) is 0 Å². The number of carbonyl (C=O) groups is 1. The van der Waals surface area contributed by atoms with E-state index in [9.17, 15) is 13.2 Å². The molecule has 1 heterocycles. The zero-order chi connectivity index (χ0) is 22.1. The first-order chi connectivity index (χ1) is 14.0. The second-order valence-electron chi connectivity index (χ2n) is 7.87. The maximum atomic E-state index is 12.0. The van der Waals surface area contributed by atoms with Crippen molar-refractivity contribution in [1.82, 2.24) is 5.32 Å². The third-order valence-electron chi connectivity index (χ3n) is 4.35. The molecule has 3 rings (SSSR count). The molecule has 160 valence electrons. The van der Waals surface area contributed by atoms with Gasteiger partial charge >= 0.3 is 6.09 Å². The molecule has 0 unspecified atom stereocenters. The van der Waals surface area contributed by atoms with Crippen LogP contribution in [0.2, 0.25) is 5.02 Å². The minimum Gasteiger partial charge on any atom is -0.458 e. The summed E-state index contributed by atoms with van der Waals surface area (Å²) in [5.41, 5.74) is 1.61. The number of amides is 1. The molecule has 0 bridgehead atoms. The molecule has 0 saturated carbocycles. The standard InChI is InChI=1S/C22H24ClNO5S/c1-5-30(26,27)18-8-6-14(7-9-18)15-10-16-11-17(28-20(16)19(23)12-15)13-24-21(25)29-22(2,3)4/h6-12H,5,13H2,1-4H3,(H,24,25). The SMILES string of the molecule is CCS(=O)(=O)c1ccc(-c2cc(Cl)c3oc(CNC(=O)OC(C)(C)C)cc3c2)cc1. The van der Waals surface area contributed by atoms with Crippen LogP contribution in [-0.4, -0.2) is 25.9 Å². The molecule has 0 fully saturated rings. The minimum absolute atomic E-state index is 0.0548. The highest BCUT2D eigenvalue weighted by Crippen LogP contribution is 2.33. The Morgan fingerprint density at radius 3 is 2.37 bits per heavy atom. The quantitative estimate of drug-likeness (QED) is 0.550. The lowest BCUT2D eigenvalue weighted by Crippen LogP contribution is -2.32. The Bertz CT molecular complexity index is 1170. The van der Waals surface area contributed by atoms with Crippen molar-refractivity contribution in [3.8, 4) is 11.1 Å². The van der Waals surface area contributed by atoms with Gasteiger partial charge in [0.05, 0.1) is 22.2 Å². The van der Waals surface area contributed by atoms with Crippen molar-refractivity contribution in [3.05, 3.63) is 53.2 Å². The van der Waals surface area contributed by atoms with E-state index in [0.29, 0.717) is 21.3 Å². The number of halogens is 1. The number of carbonyl (C=O) groups excluding carboxylic acids is 1. The fourth-order valence-electron chi connectivity index (χ4n) is 2.91. The Balaban J connectivity index is 1.83. The fraction of sp³-hybridized carbons (Fsp3) is 0.318. The summed E-state index contributed by atoms with van der Waals surface area (Å²) in [7, 11) is -3.25. The Morgan fingerprint density at radius 1 is 1.10 bits per heavy atom. The first-order valence-corrected chi connectivity index (χ1v) is 11.5. The van der Waals surface area contributed by atoms with Gasteiger partial charge in [-0.3, -0.25) is 0 Å². The molecule has 0 radical (unpaired) electrons. The van der Waals surface area contributed by atoms with Crippen LogP contribution in [0.15, 0.2) is 51.8 Å².